The van der Waals surface area contributed by atoms with Crippen molar-refractivity contribution in [2.75, 3.05) is 0 Å². The van der Waals surface area contributed by atoms with Crippen molar-refractivity contribution in [3.63, 3.8) is 0 Å². The lowest BCUT2D eigenvalue weighted by molar-refractivity contribution is 0.722. The Balaban J connectivity index is 2.14. The van der Waals surface area contributed by atoms with E-state index in [2.05, 4.69) is 66.0 Å². The molecule has 0 aliphatic rings. The molecular formula is C12H10Br3NS. The normalized spacial score (nSPS) is 12.7. The van der Waals surface area contributed by atoms with Crippen LogP contribution in [0.3, 0.4) is 0 Å². The van der Waals surface area contributed by atoms with E-state index in [1.165, 1.54) is 5.56 Å². The molecule has 0 saturated heterocycles. The lowest BCUT2D eigenvalue weighted by atomic mass is 10.0. The number of benzene rings is 1. The van der Waals surface area contributed by atoms with Gasteiger partial charge < -0.3 is 5.73 Å². The molecule has 1 atom stereocenters. The molecule has 17 heavy (non-hydrogen) atoms. The molecule has 0 saturated carbocycles. The molecule has 0 radical (unpaired) electrons. The third-order valence-electron chi connectivity index (χ3n) is 2.45. The van der Waals surface area contributed by atoms with E-state index in [0.29, 0.717) is 0 Å². The molecule has 0 bridgehead atoms. The van der Waals surface area contributed by atoms with Crippen LogP contribution in [-0.4, -0.2) is 0 Å². The van der Waals surface area contributed by atoms with E-state index >= 15 is 0 Å². The average molecular weight is 440 g/mol. The van der Waals surface area contributed by atoms with Crippen LogP contribution in [0.4, 0.5) is 0 Å². The summed E-state index contributed by atoms with van der Waals surface area (Å²) < 4.78 is 3.30. The number of hydrogen-bond acceptors (Lipinski definition) is 2. The Bertz CT molecular complexity index is 507. The average Bonchev–Trinajstić information content (AvgIpc) is 2.61. The minimum absolute atomic E-state index is 0.0214. The monoisotopic (exact) mass is 437 g/mol. The van der Waals surface area contributed by atoms with Gasteiger partial charge in [-0.2, -0.15) is 0 Å². The molecule has 2 rings (SSSR count). The van der Waals surface area contributed by atoms with Crippen LogP contribution < -0.4 is 5.73 Å². The highest BCUT2D eigenvalue weighted by atomic mass is 79.9. The molecule has 1 aromatic heterocycles. The van der Waals surface area contributed by atoms with Gasteiger partial charge >= 0.3 is 0 Å². The third kappa shape index (κ3) is 3.64. The number of hydrogen-bond donors (Lipinski definition) is 1. The second-order valence-electron chi connectivity index (χ2n) is 3.72. The summed E-state index contributed by atoms with van der Waals surface area (Å²) in [7, 11) is 0. The molecule has 0 spiro atoms. The maximum absolute atomic E-state index is 6.22. The first-order valence-electron chi connectivity index (χ1n) is 5.01. The van der Waals surface area contributed by atoms with E-state index < -0.39 is 0 Å². The Morgan fingerprint density at radius 2 is 1.76 bits per heavy atom. The molecule has 90 valence electrons. The fourth-order valence-corrected chi connectivity index (χ4v) is 4.86. The molecular weight excluding hydrogens is 430 g/mol. The van der Waals surface area contributed by atoms with Gasteiger partial charge in [-0.15, -0.1) is 11.3 Å². The zero-order valence-corrected chi connectivity index (χ0v) is 14.4. The number of thiophene rings is 1. The standard InChI is InChI=1S/C12H10Br3NS/c13-8-3-1-7(2-4-8)5-10(16)9-6-11(14)17-12(9)15/h1-4,6,10H,5,16H2. The molecule has 0 aliphatic carbocycles. The number of halogens is 3. The van der Waals surface area contributed by atoms with Gasteiger partial charge in [0.15, 0.2) is 0 Å². The van der Waals surface area contributed by atoms with E-state index in [4.69, 9.17) is 5.73 Å². The van der Waals surface area contributed by atoms with Crippen LogP contribution >= 0.6 is 59.1 Å². The van der Waals surface area contributed by atoms with Crippen molar-refractivity contribution in [3.05, 3.63) is 53.5 Å². The molecule has 0 amide bonds. The van der Waals surface area contributed by atoms with Crippen LogP contribution in [0.15, 0.2) is 42.4 Å². The van der Waals surface area contributed by atoms with Crippen molar-refractivity contribution in [1.82, 2.24) is 0 Å². The van der Waals surface area contributed by atoms with Gasteiger partial charge in [0.05, 0.1) is 7.57 Å². The van der Waals surface area contributed by atoms with E-state index in [1.54, 1.807) is 11.3 Å². The summed E-state index contributed by atoms with van der Waals surface area (Å²) in [4.78, 5) is 0. The largest absolute Gasteiger partial charge is 0.324 e. The molecule has 5 heteroatoms. The second kappa shape index (κ2) is 5.97. The van der Waals surface area contributed by atoms with Crippen LogP contribution in [0.1, 0.15) is 17.2 Å². The lowest BCUT2D eigenvalue weighted by Gasteiger charge is -2.11. The predicted molar refractivity (Wildman–Crippen MR) is 84.5 cm³/mol. The fourth-order valence-electron chi connectivity index (χ4n) is 1.59. The fraction of sp³-hybridized carbons (Fsp3) is 0.167. The van der Waals surface area contributed by atoms with Gasteiger partial charge in [0, 0.05) is 10.5 Å². The highest BCUT2D eigenvalue weighted by molar-refractivity contribution is 9.12. The Morgan fingerprint density at radius 3 is 2.29 bits per heavy atom. The van der Waals surface area contributed by atoms with Crippen molar-refractivity contribution in [2.24, 2.45) is 5.73 Å². The van der Waals surface area contributed by atoms with Gasteiger partial charge in [-0.1, -0.05) is 28.1 Å². The Hall–Kier alpha value is 0.320. The van der Waals surface area contributed by atoms with Gasteiger partial charge in [-0.05, 0) is 67.6 Å². The molecule has 2 N–H and O–H groups in total. The molecule has 1 nitrogen and oxygen atoms in total. The molecule has 1 heterocycles. The third-order valence-corrected chi connectivity index (χ3v) is 5.37. The summed E-state index contributed by atoms with van der Waals surface area (Å²) in [5.41, 5.74) is 8.63. The van der Waals surface area contributed by atoms with Crippen molar-refractivity contribution in [2.45, 2.75) is 12.5 Å². The smallest absolute Gasteiger partial charge is 0.0758 e. The van der Waals surface area contributed by atoms with Gasteiger partial charge in [-0.3, -0.25) is 0 Å². The van der Waals surface area contributed by atoms with Gasteiger partial charge in [-0.25, -0.2) is 0 Å². The summed E-state index contributed by atoms with van der Waals surface area (Å²) in [6, 6.07) is 10.4. The first kappa shape index (κ1) is 13.7. The SMILES string of the molecule is NC(Cc1ccc(Br)cc1)c1cc(Br)sc1Br. The molecule has 0 aliphatic heterocycles. The Morgan fingerprint density at radius 1 is 1.12 bits per heavy atom. The van der Waals surface area contributed by atoms with Crippen molar-refractivity contribution in [3.8, 4) is 0 Å². The van der Waals surface area contributed by atoms with Gasteiger partial charge in [0.25, 0.3) is 0 Å². The number of rotatable bonds is 3. The first-order chi connectivity index (χ1) is 8.06. The minimum Gasteiger partial charge on any atom is -0.324 e. The zero-order chi connectivity index (χ0) is 12.4. The van der Waals surface area contributed by atoms with Crippen molar-refractivity contribution in [1.29, 1.82) is 0 Å². The topological polar surface area (TPSA) is 26.0 Å². The molecule has 2 aromatic rings. The van der Waals surface area contributed by atoms with E-state index in [9.17, 15) is 0 Å². The summed E-state index contributed by atoms with van der Waals surface area (Å²) in [6.45, 7) is 0. The van der Waals surface area contributed by atoms with E-state index in [0.717, 1.165) is 24.0 Å². The van der Waals surface area contributed by atoms with Crippen molar-refractivity contribution >= 4 is 59.1 Å². The van der Waals surface area contributed by atoms with Crippen LogP contribution in [0, 0.1) is 0 Å². The highest BCUT2D eigenvalue weighted by Gasteiger charge is 2.13. The van der Waals surface area contributed by atoms with Crippen LogP contribution in [0.25, 0.3) is 0 Å². The molecule has 1 unspecified atom stereocenters. The maximum Gasteiger partial charge on any atom is 0.0758 e. The Labute approximate surface area is 130 Å². The van der Waals surface area contributed by atoms with Gasteiger partial charge in [0.1, 0.15) is 0 Å². The van der Waals surface area contributed by atoms with E-state index in [-0.39, 0.29) is 6.04 Å². The number of nitrogens with two attached hydrogens (primary N) is 1. The predicted octanol–water partition coefficient (Wildman–Crippen LogP) is 5.28. The molecule has 1 aromatic carbocycles. The maximum atomic E-state index is 6.22. The summed E-state index contributed by atoms with van der Waals surface area (Å²) >= 11 is 12.1. The first-order valence-corrected chi connectivity index (χ1v) is 8.20. The summed E-state index contributed by atoms with van der Waals surface area (Å²) in [5.74, 6) is 0. The quantitative estimate of drug-likeness (QED) is 0.691. The van der Waals surface area contributed by atoms with Crippen LogP contribution in [0.2, 0.25) is 0 Å². The van der Waals surface area contributed by atoms with Crippen LogP contribution in [-0.2, 0) is 6.42 Å². The van der Waals surface area contributed by atoms with Gasteiger partial charge in [0.2, 0.25) is 0 Å². The minimum atomic E-state index is 0.0214. The zero-order valence-electron chi connectivity index (χ0n) is 8.79. The molecule has 0 fully saturated rings. The lowest BCUT2D eigenvalue weighted by Crippen LogP contribution is -2.12. The summed E-state index contributed by atoms with van der Waals surface area (Å²) in [6.07, 6.45) is 0.842. The van der Waals surface area contributed by atoms with E-state index in [1.807, 2.05) is 12.1 Å². The van der Waals surface area contributed by atoms with Crippen molar-refractivity contribution < 1.29 is 0 Å². The van der Waals surface area contributed by atoms with Crippen LogP contribution in [0.5, 0.6) is 0 Å². The highest BCUT2D eigenvalue weighted by Crippen LogP contribution is 2.35. The Kier molecular flexibility index (Phi) is 4.83. The summed E-state index contributed by atoms with van der Waals surface area (Å²) in [5, 5.41) is 0. The second-order valence-corrected chi connectivity index (χ2v) is 8.38.